The lowest BCUT2D eigenvalue weighted by molar-refractivity contribution is -0.158. The Bertz CT molecular complexity index is 1570. The second-order valence-corrected chi connectivity index (χ2v) is 13.6. The topological polar surface area (TPSA) is 206 Å². The molecule has 4 N–H and O–H groups in total. The van der Waals surface area contributed by atoms with Crippen LogP contribution in [-0.2, 0) is 23.4 Å². The molecule has 1 fully saturated rings. The molecule has 0 saturated carbocycles. The van der Waals surface area contributed by atoms with E-state index in [0.29, 0.717) is 0 Å². The number of hydrogen-bond donors (Lipinski definition) is 3. The largest absolute Gasteiger partial charge is 0.479 e. The Morgan fingerprint density at radius 1 is 1.30 bits per heavy atom. The highest BCUT2D eigenvalue weighted by Gasteiger charge is 2.56. The number of aliphatic hydroxyl groups excluding tert-OH is 1. The Morgan fingerprint density at radius 2 is 1.98 bits per heavy atom. The number of esters is 1. The van der Waals surface area contributed by atoms with Gasteiger partial charge in [-0.3, -0.25) is 13.9 Å². The van der Waals surface area contributed by atoms with Crippen molar-refractivity contribution in [3.05, 3.63) is 36.7 Å². The Labute approximate surface area is 255 Å². The Hall–Kier alpha value is -3.80. The number of fused-ring (bicyclic) bond motifs is 1. The van der Waals surface area contributed by atoms with Crippen LogP contribution in [0.3, 0.4) is 0 Å². The van der Waals surface area contributed by atoms with Crippen LogP contribution < -0.4 is 20.1 Å². The fourth-order valence-electron chi connectivity index (χ4n) is 4.63. The predicted molar refractivity (Wildman–Crippen MR) is 158 cm³/mol. The molecule has 1 saturated heterocycles. The third-order valence-electron chi connectivity index (χ3n) is 6.88. The first-order chi connectivity index (χ1) is 20.6. The number of nitrogens with two attached hydrogens (primary N) is 1. The van der Waals surface area contributed by atoms with Gasteiger partial charge in [0.2, 0.25) is 11.8 Å². The van der Waals surface area contributed by atoms with E-state index in [-0.39, 0.29) is 34.7 Å². The van der Waals surface area contributed by atoms with Crippen molar-refractivity contribution in [2.24, 2.45) is 11.3 Å². The fraction of sp³-hybridized carbons (Fsp3) is 0.536. The molecule has 1 unspecified atom stereocenters. The van der Waals surface area contributed by atoms with E-state index in [1.807, 2.05) is 0 Å². The average molecular weight is 632 g/mol. The second kappa shape index (κ2) is 12.7. The normalized spacial score (nSPS) is 24.0. The van der Waals surface area contributed by atoms with Crippen molar-refractivity contribution in [1.29, 1.82) is 5.26 Å². The highest BCUT2D eigenvalue weighted by atomic mass is 31.2. The van der Waals surface area contributed by atoms with Gasteiger partial charge in [-0.15, -0.1) is 0 Å². The SMILES string of the molecule is COc1nc(N)nc2c1ncn2[C@@H]1O[C@H](COP(=O)(N[C@@H](C(=O)OC(C)(C)C)C(C)C)Oc2ccccc2)[C@@H](O)[C@@]1(C)C#N. The molecule has 0 amide bonds. The number of benzene rings is 1. The van der Waals surface area contributed by atoms with Gasteiger partial charge in [-0.2, -0.15) is 20.3 Å². The number of nitrogens with zero attached hydrogens (tertiary/aromatic N) is 5. The molecule has 3 heterocycles. The zero-order valence-electron chi connectivity index (χ0n) is 25.6. The summed E-state index contributed by atoms with van der Waals surface area (Å²) in [5, 5.41) is 24.2. The third-order valence-corrected chi connectivity index (χ3v) is 8.41. The van der Waals surface area contributed by atoms with Crippen LogP contribution in [0.5, 0.6) is 11.6 Å². The van der Waals surface area contributed by atoms with Gasteiger partial charge in [-0.25, -0.2) is 9.55 Å². The summed E-state index contributed by atoms with van der Waals surface area (Å²) >= 11 is 0. The number of hydrogen-bond acceptors (Lipinski definition) is 13. The molecule has 6 atom stereocenters. The van der Waals surface area contributed by atoms with E-state index in [2.05, 4.69) is 26.1 Å². The van der Waals surface area contributed by atoms with Gasteiger partial charge in [0.15, 0.2) is 17.4 Å². The molecule has 0 radical (unpaired) electrons. The third kappa shape index (κ3) is 6.95. The van der Waals surface area contributed by atoms with Crippen LogP contribution in [0, 0.1) is 22.7 Å². The maximum atomic E-state index is 14.2. The maximum Gasteiger partial charge on any atom is 0.459 e. The first-order valence-electron chi connectivity index (χ1n) is 13.9. The number of nitrogen functional groups attached to an aromatic ring is 1. The van der Waals surface area contributed by atoms with Crippen molar-refractivity contribution in [3.8, 4) is 17.7 Å². The van der Waals surface area contributed by atoms with Crippen molar-refractivity contribution in [2.45, 2.75) is 71.6 Å². The van der Waals surface area contributed by atoms with E-state index in [0.717, 1.165) is 0 Å². The first-order valence-corrected chi connectivity index (χ1v) is 15.4. The zero-order valence-corrected chi connectivity index (χ0v) is 26.5. The lowest BCUT2D eigenvalue weighted by Gasteiger charge is -2.30. The summed E-state index contributed by atoms with van der Waals surface area (Å²) in [7, 11) is -2.93. The number of carbonyl (C=O) groups excluding carboxylic acids is 1. The maximum absolute atomic E-state index is 14.2. The molecule has 0 aliphatic carbocycles. The predicted octanol–water partition coefficient (Wildman–Crippen LogP) is 3.36. The van der Waals surface area contributed by atoms with Gasteiger partial charge in [0.05, 0.1) is 26.1 Å². The van der Waals surface area contributed by atoms with Crippen LogP contribution in [0.2, 0.25) is 0 Å². The molecule has 0 bridgehead atoms. The lowest BCUT2D eigenvalue weighted by Crippen LogP contribution is -2.44. The molecule has 238 valence electrons. The summed E-state index contributed by atoms with van der Waals surface area (Å²) in [5.41, 5.74) is 4.00. The number of aromatic nitrogens is 4. The van der Waals surface area contributed by atoms with E-state index in [4.69, 9.17) is 29.0 Å². The summed E-state index contributed by atoms with van der Waals surface area (Å²) < 4.78 is 44.2. The van der Waals surface area contributed by atoms with E-state index >= 15 is 0 Å². The standard InChI is InChI=1S/C28H38N7O8P/c1-16(2)19(24(37)42-27(3,4)5)34-44(38,43-17-11-9-8-10-12-17)40-13-18-21(36)28(6,14-29)25(41-18)35-15-31-20-22(35)32-26(30)33-23(20)39-7/h8-12,15-16,18-19,21,25,36H,13H2,1-7H3,(H,34,38)(H2,30,32,33)/t18-,19-,21-,25-,28-,44?/m1/s1. The van der Waals surface area contributed by atoms with Gasteiger partial charge in [-0.05, 0) is 45.7 Å². The monoisotopic (exact) mass is 631 g/mol. The molecule has 44 heavy (non-hydrogen) atoms. The number of carbonyl (C=O) groups is 1. The van der Waals surface area contributed by atoms with Crippen molar-refractivity contribution in [2.75, 3.05) is 19.5 Å². The van der Waals surface area contributed by atoms with Crippen LogP contribution in [0.25, 0.3) is 11.2 Å². The van der Waals surface area contributed by atoms with E-state index < -0.39 is 55.8 Å². The summed E-state index contributed by atoms with van der Waals surface area (Å²) in [5.74, 6) is -0.785. The van der Waals surface area contributed by atoms with E-state index in [9.17, 15) is 19.7 Å². The van der Waals surface area contributed by atoms with Gasteiger partial charge < -0.3 is 29.6 Å². The lowest BCUT2D eigenvalue weighted by atomic mass is 9.84. The molecule has 16 heteroatoms. The molecule has 1 aliphatic heterocycles. The Balaban J connectivity index is 1.63. The number of nitriles is 1. The average Bonchev–Trinajstić information content (AvgIpc) is 3.48. The Morgan fingerprint density at radius 3 is 2.57 bits per heavy atom. The highest BCUT2D eigenvalue weighted by Crippen LogP contribution is 2.50. The number of aliphatic hydroxyl groups is 1. The van der Waals surface area contributed by atoms with E-state index in [1.165, 1.54) is 24.9 Å². The number of para-hydroxylation sites is 1. The van der Waals surface area contributed by atoms with Gasteiger partial charge in [0, 0.05) is 0 Å². The van der Waals surface area contributed by atoms with Crippen LogP contribution in [0.15, 0.2) is 36.7 Å². The van der Waals surface area contributed by atoms with Crippen molar-refractivity contribution < 1.29 is 37.7 Å². The molecule has 1 aromatic carbocycles. The molecule has 15 nitrogen and oxygen atoms in total. The minimum Gasteiger partial charge on any atom is -0.479 e. The molecule has 0 spiro atoms. The number of imidazole rings is 1. The molecule has 2 aromatic heterocycles. The van der Waals surface area contributed by atoms with Crippen molar-refractivity contribution in [3.63, 3.8) is 0 Å². The van der Waals surface area contributed by atoms with Crippen LogP contribution >= 0.6 is 7.75 Å². The summed E-state index contributed by atoms with van der Waals surface area (Å²) in [6.07, 6.45) is -2.34. The van der Waals surface area contributed by atoms with Gasteiger partial charge in [0.1, 0.15) is 35.0 Å². The zero-order chi connectivity index (χ0) is 32.4. The van der Waals surface area contributed by atoms with Crippen molar-refractivity contribution in [1.82, 2.24) is 24.6 Å². The summed E-state index contributed by atoms with van der Waals surface area (Å²) in [6, 6.07) is 9.31. The number of anilines is 1. The molecular formula is C28H38N7O8P. The number of methoxy groups -OCH3 is 1. The number of nitrogens with one attached hydrogen (secondary N) is 1. The molecule has 4 rings (SSSR count). The van der Waals surface area contributed by atoms with Crippen LogP contribution in [-0.4, -0.2) is 68.2 Å². The minimum atomic E-state index is -4.33. The number of ether oxygens (including phenoxy) is 3. The smallest absolute Gasteiger partial charge is 0.459 e. The first kappa shape index (κ1) is 33.1. The number of rotatable bonds is 11. The van der Waals surface area contributed by atoms with Gasteiger partial charge in [0.25, 0.3) is 0 Å². The van der Waals surface area contributed by atoms with Gasteiger partial charge in [-0.1, -0.05) is 32.0 Å². The van der Waals surface area contributed by atoms with E-state index in [1.54, 1.807) is 65.0 Å². The molecule has 1 aliphatic rings. The highest BCUT2D eigenvalue weighted by molar-refractivity contribution is 7.52. The summed E-state index contributed by atoms with van der Waals surface area (Å²) in [4.78, 5) is 25.6. The van der Waals surface area contributed by atoms with Crippen LogP contribution in [0.1, 0.15) is 47.8 Å². The summed E-state index contributed by atoms with van der Waals surface area (Å²) in [6.45, 7) is 9.69. The second-order valence-electron chi connectivity index (χ2n) is 11.9. The Kier molecular flexibility index (Phi) is 9.53. The molecule has 3 aromatic rings. The van der Waals surface area contributed by atoms with Crippen LogP contribution in [0.4, 0.5) is 5.95 Å². The quantitative estimate of drug-likeness (QED) is 0.205. The molecular weight excluding hydrogens is 593 g/mol. The minimum absolute atomic E-state index is 0.0945. The van der Waals surface area contributed by atoms with Crippen molar-refractivity contribution >= 4 is 30.8 Å². The fourth-order valence-corrected chi connectivity index (χ4v) is 6.30. The van der Waals surface area contributed by atoms with Gasteiger partial charge >= 0.3 is 13.7 Å².